The molecule has 0 bridgehead atoms. The van der Waals surface area contributed by atoms with Crippen molar-refractivity contribution in [2.75, 3.05) is 6.54 Å². The third-order valence-electron chi connectivity index (χ3n) is 3.49. The lowest BCUT2D eigenvalue weighted by Gasteiger charge is -2.02. The van der Waals surface area contributed by atoms with Crippen LogP contribution in [0.25, 0.3) is 11.6 Å². The maximum Gasteiger partial charge on any atom is 0.346 e. The fourth-order valence-electron chi connectivity index (χ4n) is 2.23. The third kappa shape index (κ3) is 2.76. The van der Waals surface area contributed by atoms with Crippen molar-refractivity contribution in [2.45, 2.75) is 38.8 Å². The number of nitrogens with one attached hydrogen (secondary N) is 1. The van der Waals surface area contributed by atoms with Gasteiger partial charge >= 0.3 is 5.69 Å². The van der Waals surface area contributed by atoms with Crippen molar-refractivity contribution >= 4 is 5.91 Å². The van der Waals surface area contributed by atoms with E-state index >= 15 is 0 Å². The summed E-state index contributed by atoms with van der Waals surface area (Å²) in [5, 5.41) is 7.10. The smallest absolute Gasteiger partial charge is 0.346 e. The summed E-state index contributed by atoms with van der Waals surface area (Å²) in [7, 11) is 0. The zero-order valence-electron chi connectivity index (χ0n) is 11.9. The zero-order valence-corrected chi connectivity index (χ0v) is 11.9. The number of rotatable bonds is 6. The molecule has 112 valence electrons. The lowest BCUT2D eigenvalue weighted by atomic mass is 10.4. The van der Waals surface area contributed by atoms with Gasteiger partial charge in [0, 0.05) is 19.0 Å². The van der Waals surface area contributed by atoms with Crippen LogP contribution in [-0.2, 0) is 11.3 Å². The molecule has 0 saturated heterocycles. The third-order valence-corrected chi connectivity index (χ3v) is 3.49. The molecule has 1 aliphatic rings. The lowest BCUT2D eigenvalue weighted by molar-refractivity contribution is -0.120. The van der Waals surface area contributed by atoms with E-state index < -0.39 is 0 Å². The summed E-state index contributed by atoms with van der Waals surface area (Å²) in [6, 6.07) is 3.79. The van der Waals surface area contributed by atoms with Crippen molar-refractivity contribution in [3.8, 4) is 11.6 Å². The van der Waals surface area contributed by atoms with Crippen LogP contribution >= 0.6 is 0 Å². The van der Waals surface area contributed by atoms with Crippen LogP contribution in [-0.4, -0.2) is 26.8 Å². The fraction of sp³-hybridized carbons (Fsp3) is 0.500. The number of carbonyl (C=O) groups is 1. The summed E-state index contributed by atoms with van der Waals surface area (Å²) >= 11 is 0. The number of amides is 1. The van der Waals surface area contributed by atoms with Crippen LogP contribution in [0.3, 0.4) is 0 Å². The first-order chi connectivity index (χ1) is 10.2. The van der Waals surface area contributed by atoms with Crippen molar-refractivity contribution < 1.29 is 9.21 Å². The second kappa shape index (κ2) is 5.59. The van der Waals surface area contributed by atoms with Gasteiger partial charge in [0.2, 0.25) is 11.7 Å². The van der Waals surface area contributed by atoms with E-state index in [0.717, 1.165) is 12.8 Å². The Kier molecular flexibility index (Phi) is 3.64. The standard InChI is InChI=1S/C14H18N4O3/c1-2-12(19)15-7-8-17-14(20)18(10-5-6-10)13(16-17)11-4-3-9-21-11/h3-4,9-10H,2,5-8H2,1H3,(H,15,19). The van der Waals surface area contributed by atoms with Gasteiger partial charge in [0.05, 0.1) is 12.8 Å². The normalized spacial score (nSPS) is 14.3. The van der Waals surface area contributed by atoms with E-state index in [4.69, 9.17) is 4.42 Å². The van der Waals surface area contributed by atoms with Gasteiger partial charge in [-0.2, -0.15) is 0 Å². The molecule has 7 heteroatoms. The summed E-state index contributed by atoms with van der Waals surface area (Å²) in [5.74, 6) is 1.13. The molecule has 1 aliphatic carbocycles. The van der Waals surface area contributed by atoms with E-state index in [-0.39, 0.29) is 17.6 Å². The predicted molar refractivity (Wildman–Crippen MR) is 75.8 cm³/mol. The Bertz CT molecular complexity index is 680. The lowest BCUT2D eigenvalue weighted by Crippen LogP contribution is -2.31. The highest BCUT2D eigenvalue weighted by Gasteiger charge is 2.31. The number of furan rings is 1. The Morgan fingerprint density at radius 2 is 2.33 bits per heavy atom. The van der Waals surface area contributed by atoms with E-state index in [1.165, 1.54) is 4.68 Å². The van der Waals surface area contributed by atoms with Gasteiger partial charge in [-0.25, -0.2) is 9.48 Å². The van der Waals surface area contributed by atoms with Crippen molar-refractivity contribution in [2.24, 2.45) is 0 Å². The number of hydrogen-bond donors (Lipinski definition) is 1. The highest BCUT2D eigenvalue weighted by molar-refractivity contribution is 5.75. The minimum absolute atomic E-state index is 0.0315. The van der Waals surface area contributed by atoms with Crippen molar-refractivity contribution in [3.05, 3.63) is 28.9 Å². The Labute approximate surface area is 121 Å². The molecule has 7 nitrogen and oxygen atoms in total. The van der Waals surface area contributed by atoms with Crippen LogP contribution in [0.5, 0.6) is 0 Å². The molecule has 0 aromatic carbocycles. The Hall–Kier alpha value is -2.31. The van der Waals surface area contributed by atoms with Crippen molar-refractivity contribution in [1.29, 1.82) is 0 Å². The summed E-state index contributed by atoms with van der Waals surface area (Å²) in [4.78, 5) is 23.6. The molecule has 0 radical (unpaired) electrons. The van der Waals surface area contributed by atoms with E-state index in [2.05, 4.69) is 10.4 Å². The fourth-order valence-corrected chi connectivity index (χ4v) is 2.23. The van der Waals surface area contributed by atoms with Gasteiger partial charge in [0.25, 0.3) is 0 Å². The largest absolute Gasteiger partial charge is 0.461 e. The summed E-state index contributed by atoms with van der Waals surface area (Å²) < 4.78 is 8.45. The first kappa shape index (κ1) is 13.7. The van der Waals surface area contributed by atoms with Gasteiger partial charge in [-0.1, -0.05) is 6.92 Å². The van der Waals surface area contributed by atoms with Gasteiger partial charge in [-0.3, -0.25) is 9.36 Å². The molecular weight excluding hydrogens is 272 g/mol. The minimum atomic E-state index is -0.144. The maximum atomic E-state index is 12.4. The molecule has 0 aliphatic heterocycles. The SMILES string of the molecule is CCC(=O)NCCn1nc(-c2ccco2)n(C2CC2)c1=O. The molecule has 3 rings (SSSR count). The number of nitrogens with zero attached hydrogens (tertiary/aromatic N) is 3. The van der Waals surface area contributed by atoms with Crippen LogP contribution in [0, 0.1) is 0 Å². The highest BCUT2D eigenvalue weighted by Crippen LogP contribution is 2.36. The Morgan fingerprint density at radius 1 is 1.52 bits per heavy atom. The number of hydrogen-bond acceptors (Lipinski definition) is 4. The Balaban J connectivity index is 1.83. The molecule has 0 spiro atoms. The molecule has 0 atom stereocenters. The van der Waals surface area contributed by atoms with Gasteiger partial charge < -0.3 is 9.73 Å². The molecule has 2 aromatic heterocycles. The second-order valence-corrected chi connectivity index (χ2v) is 5.11. The summed E-state index contributed by atoms with van der Waals surface area (Å²) in [6.45, 7) is 2.54. The Morgan fingerprint density at radius 3 is 2.95 bits per heavy atom. The quantitative estimate of drug-likeness (QED) is 0.865. The molecular formula is C14H18N4O3. The topological polar surface area (TPSA) is 82.1 Å². The molecule has 0 unspecified atom stereocenters. The van der Waals surface area contributed by atoms with E-state index in [0.29, 0.717) is 31.1 Å². The first-order valence-corrected chi connectivity index (χ1v) is 7.20. The molecule has 1 saturated carbocycles. The van der Waals surface area contributed by atoms with Crippen molar-refractivity contribution in [3.63, 3.8) is 0 Å². The van der Waals surface area contributed by atoms with E-state index in [9.17, 15) is 9.59 Å². The zero-order chi connectivity index (χ0) is 14.8. The van der Waals surface area contributed by atoms with E-state index in [1.807, 2.05) is 0 Å². The monoisotopic (exact) mass is 290 g/mol. The van der Waals surface area contributed by atoms with Gasteiger partial charge in [-0.15, -0.1) is 5.10 Å². The molecule has 2 heterocycles. The molecule has 21 heavy (non-hydrogen) atoms. The molecule has 1 N–H and O–H groups in total. The van der Waals surface area contributed by atoms with Crippen LogP contribution in [0.2, 0.25) is 0 Å². The number of carbonyl (C=O) groups excluding carboxylic acids is 1. The maximum absolute atomic E-state index is 12.4. The molecule has 1 amide bonds. The summed E-state index contributed by atoms with van der Waals surface area (Å²) in [5.41, 5.74) is -0.144. The van der Waals surface area contributed by atoms with Crippen molar-refractivity contribution in [1.82, 2.24) is 19.7 Å². The number of aromatic nitrogens is 3. The highest BCUT2D eigenvalue weighted by atomic mass is 16.3. The molecule has 1 fully saturated rings. The average Bonchev–Trinajstić information content (AvgIpc) is 3.06. The van der Waals surface area contributed by atoms with Crippen LogP contribution in [0.15, 0.2) is 27.6 Å². The average molecular weight is 290 g/mol. The summed E-state index contributed by atoms with van der Waals surface area (Å²) in [6.07, 6.45) is 3.98. The van der Waals surface area contributed by atoms with Crippen LogP contribution in [0.4, 0.5) is 0 Å². The molecule has 2 aromatic rings. The van der Waals surface area contributed by atoms with Crippen LogP contribution in [0.1, 0.15) is 32.2 Å². The van der Waals surface area contributed by atoms with Gasteiger partial charge in [0.15, 0.2) is 5.76 Å². The predicted octanol–water partition coefficient (Wildman–Crippen LogP) is 1.17. The first-order valence-electron chi connectivity index (χ1n) is 7.20. The van der Waals surface area contributed by atoms with Gasteiger partial charge in [-0.05, 0) is 25.0 Å². The van der Waals surface area contributed by atoms with E-state index in [1.54, 1.807) is 29.9 Å². The minimum Gasteiger partial charge on any atom is -0.461 e. The van der Waals surface area contributed by atoms with Crippen LogP contribution < -0.4 is 11.0 Å². The second-order valence-electron chi connectivity index (χ2n) is 5.11. The van der Waals surface area contributed by atoms with Gasteiger partial charge in [0.1, 0.15) is 0 Å².